The molecule has 0 fully saturated rings. The van der Waals surface area contributed by atoms with E-state index >= 15 is 0 Å². The van der Waals surface area contributed by atoms with Gasteiger partial charge in [-0.2, -0.15) is 0 Å². The van der Waals surface area contributed by atoms with Gasteiger partial charge in [0.1, 0.15) is 0 Å². The minimum absolute atomic E-state index is 1.07. The fourth-order valence-corrected chi connectivity index (χ4v) is 0.995. The van der Waals surface area contributed by atoms with E-state index in [1.165, 1.54) is 5.01 Å². The smallest absolute Gasteiger partial charge is 0.0922 e. The molecule has 1 aromatic heterocycles. The second-order valence-corrected chi connectivity index (χ2v) is 2.26. The van der Waals surface area contributed by atoms with Crippen LogP contribution in [0.4, 0.5) is 0 Å². The molecule has 0 aromatic carbocycles. The molecule has 0 aliphatic carbocycles. The van der Waals surface area contributed by atoms with Crippen LogP contribution < -0.4 is 0 Å². The summed E-state index contributed by atoms with van der Waals surface area (Å²) in [5, 5.41) is 3.22. The van der Waals surface area contributed by atoms with Crippen molar-refractivity contribution < 1.29 is 0 Å². The molecular formula is C9H19NS. The SMILES string of the molecule is CC.CC.CCc1nccs1. The highest BCUT2D eigenvalue weighted by molar-refractivity contribution is 7.09. The molecule has 1 heterocycles. The molecule has 0 saturated carbocycles. The zero-order valence-electron chi connectivity index (χ0n) is 8.22. The Hall–Kier alpha value is -0.370. The first-order chi connectivity index (χ1) is 5.43. The molecule has 0 N–H and O–H groups in total. The largest absolute Gasteiger partial charge is 0.250 e. The monoisotopic (exact) mass is 173 g/mol. The molecule has 66 valence electrons. The van der Waals surface area contributed by atoms with Crippen LogP contribution >= 0.6 is 11.3 Å². The van der Waals surface area contributed by atoms with Crippen molar-refractivity contribution in [1.82, 2.24) is 4.98 Å². The number of hydrogen-bond donors (Lipinski definition) is 0. The molecule has 0 bridgehead atoms. The maximum absolute atomic E-state index is 4.05. The quantitative estimate of drug-likeness (QED) is 0.630. The molecule has 0 aliphatic rings. The Labute approximate surface area is 74.5 Å². The lowest BCUT2D eigenvalue weighted by Gasteiger charge is -1.77. The zero-order valence-corrected chi connectivity index (χ0v) is 9.03. The second-order valence-electron chi connectivity index (χ2n) is 1.28. The first-order valence-electron chi connectivity index (χ1n) is 4.32. The van der Waals surface area contributed by atoms with E-state index in [1.807, 2.05) is 39.3 Å². The van der Waals surface area contributed by atoms with Crippen LogP contribution in [0.2, 0.25) is 0 Å². The zero-order chi connectivity index (χ0) is 9.11. The molecule has 11 heavy (non-hydrogen) atoms. The highest BCUT2D eigenvalue weighted by Crippen LogP contribution is 2.02. The molecule has 0 atom stereocenters. The Morgan fingerprint density at radius 3 is 2.00 bits per heavy atom. The summed E-state index contributed by atoms with van der Waals surface area (Å²) < 4.78 is 0. The van der Waals surface area contributed by atoms with E-state index in [4.69, 9.17) is 0 Å². The lowest BCUT2D eigenvalue weighted by atomic mass is 10.5. The van der Waals surface area contributed by atoms with Crippen molar-refractivity contribution in [2.45, 2.75) is 41.0 Å². The van der Waals surface area contributed by atoms with E-state index < -0.39 is 0 Å². The Morgan fingerprint density at radius 2 is 1.82 bits per heavy atom. The third-order valence-corrected chi connectivity index (χ3v) is 1.71. The van der Waals surface area contributed by atoms with Crippen LogP contribution in [0.15, 0.2) is 11.6 Å². The van der Waals surface area contributed by atoms with E-state index in [2.05, 4.69) is 11.9 Å². The fourth-order valence-electron chi connectivity index (χ4n) is 0.428. The van der Waals surface area contributed by atoms with Crippen molar-refractivity contribution in [3.8, 4) is 0 Å². The highest BCUT2D eigenvalue weighted by Gasteiger charge is 1.84. The van der Waals surface area contributed by atoms with Gasteiger partial charge in [0.15, 0.2) is 0 Å². The van der Waals surface area contributed by atoms with Crippen molar-refractivity contribution >= 4 is 11.3 Å². The molecule has 0 unspecified atom stereocenters. The van der Waals surface area contributed by atoms with Gasteiger partial charge in [0.25, 0.3) is 0 Å². The van der Waals surface area contributed by atoms with Gasteiger partial charge in [0.05, 0.1) is 5.01 Å². The number of aromatic nitrogens is 1. The van der Waals surface area contributed by atoms with Crippen LogP contribution in [0.25, 0.3) is 0 Å². The Kier molecular flexibility index (Phi) is 14.8. The van der Waals surface area contributed by atoms with E-state index in [-0.39, 0.29) is 0 Å². The minimum Gasteiger partial charge on any atom is -0.250 e. The van der Waals surface area contributed by atoms with E-state index in [0.717, 1.165) is 6.42 Å². The predicted molar refractivity (Wildman–Crippen MR) is 54.2 cm³/mol. The summed E-state index contributed by atoms with van der Waals surface area (Å²) in [6.45, 7) is 10.1. The number of aryl methyl sites for hydroxylation is 1. The van der Waals surface area contributed by atoms with E-state index in [0.29, 0.717) is 0 Å². The van der Waals surface area contributed by atoms with Crippen molar-refractivity contribution in [3.63, 3.8) is 0 Å². The summed E-state index contributed by atoms with van der Waals surface area (Å²) in [5.41, 5.74) is 0. The van der Waals surface area contributed by atoms with Crippen molar-refractivity contribution in [2.24, 2.45) is 0 Å². The van der Waals surface area contributed by atoms with Gasteiger partial charge >= 0.3 is 0 Å². The molecule has 1 nitrogen and oxygen atoms in total. The van der Waals surface area contributed by atoms with Crippen LogP contribution in [0.5, 0.6) is 0 Å². The van der Waals surface area contributed by atoms with Gasteiger partial charge in [0, 0.05) is 11.6 Å². The molecule has 0 radical (unpaired) electrons. The van der Waals surface area contributed by atoms with Crippen molar-refractivity contribution in [1.29, 1.82) is 0 Å². The number of thiazole rings is 1. The molecule has 0 saturated heterocycles. The predicted octanol–water partition coefficient (Wildman–Crippen LogP) is 3.76. The van der Waals surface area contributed by atoms with E-state index in [1.54, 1.807) is 11.3 Å². The topological polar surface area (TPSA) is 12.9 Å². The average Bonchev–Trinajstić information content (AvgIpc) is 2.63. The summed E-state index contributed by atoms with van der Waals surface area (Å²) in [5.74, 6) is 0. The van der Waals surface area contributed by atoms with Crippen LogP contribution in [-0.2, 0) is 6.42 Å². The van der Waals surface area contributed by atoms with Gasteiger partial charge in [-0.15, -0.1) is 11.3 Å². The summed E-state index contributed by atoms with van der Waals surface area (Å²) in [6, 6.07) is 0. The first kappa shape index (κ1) is 13.2. The van der Waals surface area contributed by atoms with Gasteiger partial charge < -0.3 is 0 Å². The number of nitrogens with zero attached hydrogens (tertiary/aromatic N) is 1. The maximum atomic E-state index is 4.05. The van der Waals surface area contributed by atoms with Gasteiger partial charge in [-0.1, -0.05) is 34.6 Å². The standard InChI is InChI=1S/C5H7NS.2C2H6/c1-2-5-6-3-4-7-5;2*1-2/h3-4H,2H2,1H3;2*1-2H3. The van der Waals surface area contributed by atoms with Gasteiger partial charge in [-0.3, -0.25) is 0 Å². The number of hydrogen-bond acceptors (Lipinski definition) is 2. The third-order valence-electron chi connectivity index (χ3n) is 0.786. The maximum Gasteiger partial charge on any atom is 0.0922 e. The molecular weight excluding hydrogens is 154 g/mol. The van der Waals surface area contributed by atoms with Crippen LogP contribution in [0.3, 0.4) is 0 Å². The highest BCUT2D eigenvalue weighted by atomic mass is 32.1. The lowest BCUT2D eigenvalue weighted by Crippen LogP contribution is -1.70. The molecule has 1 rings (SSSR count). The summed E-state index contributed by atoms with van der Waals surface area (Å²) in [4.78, 5) is 4.05. The Balaban J connectivity index is 0. The summed E-state index contributed by atoms with van der Waals surface area (Å²) >= 11 is 1.71. The van der Waals surface area contributed by atoms with Crippen LogP contribution in [-0.4, -0.2) is 4.98 Å². The fraction of sp³-hybridized carbons (Fsp3) is 0.667. The molecule has 0 amide bonds. The van der Waals surface area contributed by atoms with Gasteiger partial charge in [0.2, 0.25) is 0 Å². The Bertz CT molecular complexity index is 124. The van der Waals surface area contributed by atoms with Crippen molar-refractivity contribution in [2.75, 3.05) is 0 Å². The van der Waals surface area contributed by atoms with Crippen molar-refractivity contribution in [3.05, 3.63) is 16.6 Å². The molecule has 2 heteroatoms. The second kappa shape index (κ2) is 12.3. The van der Waals surface area contributed by atoms with Gasteiger partial charge in [-0.25, -0.2) is 4.98 Å². The third kappa shape index (κ3) is 7.53. The first-order valence-corrected chi connectivity index (χ1v) is 5.20. The summed E-state index contributed by atoms with van der Waals surface area (Å²) in [7, 11) is 0. The minimum atomic E-state index is 1.07. The number of rotatable bonds is 1. The molecule has 0 spiro atoms. The summed E-state index contributed by atoms with van der Waals surface area (Å²) in [6.07, 6.45) is 2.90. The Morgan fingerprint density at radius 1 is 1.27 bits per heavy atom. The van der Waals surface area contributed by atoms with E-state index in [9.17, 15) is 0 Å². The molecule has 1 aromatic rings. The van der Waals surface area contributed by atoms with Gasteiger partial charge in [-0.05, 0) is 6.42 Å². The molecule has 0 aliphatic heterocycles. The lowest BCUT2D eigenvalue weighted by molar-refractivity contribution is 1.09. The normalized spacial score (nSPS) is 7.00. The van der Waals surface area contributed by atoms with Crippen LogP contribution in [0, 0.1) is 0 Å². The average molecular weight is 173 g/mol. The van der Waals surface area contributed by atoms with Crippen LogP contribution in [0.1, 0.15) is 39.6 Å².